The topological polar surface area (TPSA) is 137 Å². The second-order valence-corrected chi connectivity index (χ2v) is 8.27. The highest BCUT2D eigenvalue weighted by atomic mass is 32.2. The lowest BCUT2D eigenvalue weighted by molar-refractivity contribution is 0.0918. The van der Waals surface area contributed by atoms with Crippen LogP contribution in [0.2, 0.25) is 0 Å². The molecule has 0 saturated carbocycles. The van der Waals surface area contributed by atoms with Crippen molar-refractivity contribution in [3.05, 3.63) is 47.7 Å². The van der Waals surface area contributed by atoms with Crippen molar-refractivity contribution in [2.75, 3.05) is 6.26 Å². The minimum atomic E-state index is -4.00. The van der Waals surface area contributed by atoms with Gasteiger partial charge in [-0.25, -0.2) is 22.0 Å². The molecule has 23 heavy (non-hydrogen) atoms. The number of sulfone groups is 1. The standard InChI is InChI=1S/C13H14N2O6S2/c1-22(17,18)10-4-2-9(3-5-10)8-15-13(16)11-6-7-12(21-11)23(14,19)20/h2-7H,8H2,1H3,(H,15,16)(H2,14,19,20). The minimum absolute atomic E-state index is 0.119. The number of carbonyl (C=O) groups is 1. The van der Waals surface area contributed by atoms with Gasteiger partial charge in [-0.3, -0.25) is 4.79 Å². The first-order valence-corrected chi connectivity index (χ1v) is 9.71. The van der Waals surface area contributed by atoms with Gasteiger partial charge >= 0.3 is 0 Å². The summed E-state index contributed by atoms with van der Waals surface area (Å²) in [4.78, 5) is 12.0. The molecule has 0 radical (unpaired) electrons. The zero-order chi connectivity index (χ0) is 17.3. The van der Waals surface area contributed by atoms with E-state index in [2.05, 4.69) is 5.32 Å². The molecule has 1 aromatic heterocycles. The van der Waals surface area contributed by atoms with Crippen molar-refractivity contribution >= 4 is 25.8 Å². The fourth-order valence-electron chi connectivity index (χ4n) is 1.72. The van der Waals surface area contributed by atoms with Crippen LogP contribution in [0, 0.1) is 0 Å². The summed E-state index contributed by atoms with van der Waals surface area (Å²) in [5.74, 6) is -0.811. The van der Waals surface area contributed by atoms with Gasteiger partial charge in [-0.1, -0.05) is 12.1 Å². The summed E-state index contributed by atoms with van der Waals surface area (Å²) >= 11 is 0. The predicted molar refractivity (Wildman–Crippen MR) is 80.8 cm³/mol. The Morgan fingerprint density at radius 1 is 1.09 bits per heavy atom. The second kappa shape index (κ2) is 6.14. The number of nitrogens with two attached hydrogens (primary N) is 1. The largest absolute Gasteiger partial charge is 0.438 e. The highest BCUT2D eigenvalue weighted by Crippen LogP contribution is 2.13. The maximum Gasteiger partial charge on any atom is 0.287 e. The Kier molecular flexibility index (Phi) is 4.59. The van der Waals surface area contributed by atoms with Gasteiger partial charge in [-0.05, 0) is 29.8 Å². The highest BCUT2D eigenvalue weighted by molar-refractivity contribution is 7.90. The summed E-state index contributed by atoms with van der Waals surface area (Å²) in [5, 5.41) is 6.90. The van der Waals surface area contributed by atoms with Crippen molar-refractivity contribution in [1.82, 2.24) is 5.32 Å². The molecule has 1 amide bonds. The third kappa shape index (κ3) is 4.41. The maximum absolute atomic E-state index is 11.8. The molecule has 2 aromatic rings. The monoisotopic (exact) mass is 358 g/mol. The van der Waals surface area contributed by atoms with E-state index in [1.165, 1.54) is 18.2 Å². The SMILES string of the molecule is CS(=O)(=O)c1ccc(CNC(=O)c2ccc(S(N)(=O)=O)o2)cc1. The van der Waals surface area contributed by atoms with E-state index in [9.17, 15) is 21.6 Å². The Labute approximate surface area is 133 Å². The number of sulfonamides is 1. The van der Waals surface area contributed by atoms with Crippen LogP contribution in [0.4, 0.5) is 0 Å². The van der Waals surface area contributed by atoms with E-state index in [0.717, 1.165) is 12.3 Å². The van der Waals surface area contributed by atoms with Crippen LogP contribution in [-0.4, -0.2) is 29.0 Å². The maximum atomic E-state index is 11.8. The number of primary sulfonamides is 1. The molecule has 0 bridgehead atoms. The van der Waals surface area contributed by atoms with Crippen molar-refractivity contribution in [2.24, 2.45) is 5.14 Å². The van der Waals surface area contributed by atoms with Crippen molar-refractivity contribution in [3.8, 4) is 0 Å². The van der Waals surface area contributed by atoms with Crippen LogP contribution >= 0.6 is 0 Å². The molecule has 0 aliphatic carbocycles. The molecule has 2 rings (SSSR count). The molecule has 0 aliphatic rings. The summed E-state index contributed by atoms with van der Waals surface area (Å²) in [6.07, 6.45) is 1.10. The van der Waals surface area contributed by atoms with E-state index < -0.39 is 30.9 Å². The third-order valence-electron chi connectivity index (χ3n) is 2.89. The molecule has 0 spiro atoms. The van der Waals surface area contributed by atoms with E-state index in [1.54, 1.807) is 12.1 Å². The van der Waals surface area contributed by atoms with Gasteiger partial charge in [0.1, 0.15) is 0 Å². The summed E-state index contributed by atoms with van der Waals surface area (Å²) in [5.41, 5.74) is 0.670. The van der Waals surface area contributed by atoms with Gasteiger partial charge in [0, 0.05) is 12.8 Å². The van der Waals surface area contributed by atoms with Crippen LogP contribution in [0.3, 0.4) is 0 Å². The summed E-state index contributed by atoms with van der Waals surface area (Å²) in [6.45, 7) is 0.119. The zero-order valence-corrected chi connectivity index (χ0v) is 13.6. The Hall–Kier alpha value is -2.17. The zero-order valence-electron chi connectivity index (χ0n) is 12.0. The molecule has 1 heterocycles. The molecule has 3 N–H and O–H groups in total. The van der Waals surface area contributed by atoms with Crippen molar-refractivity contribution < 1.29 is 26.0 Å². The summed E-state index contributed by atoms with van der Waals surface area (Å²) in [6, 6.07) is 8.28. The van der Waals surface area contributed by atoms with Crippen LogP contribution in [0.5, 0.6) is 0 Å². The number of hydrogen-bond acceptors (Lipinski definition) is 6. The number of carbonyl (C=O) groups excluding carboxylic acids is 1. The van der Waals surface area contributed by atoms with Gasteiger partial charge in [-0.2, -0.15) is 0 Å². The van der Waals surface area contributed by atoms with Crippen LogP contribution in [0.15, 0.2) is 50.8 Å². The van der Waals surface area contributed by atoms with E-state index in [1.807, 2.05) is 0 Å². The van der Waals surface area contributed by atoms with Crippen LogP contribution in [-0.2, 0) is 26.4 Å². The molecule has 0 saturated heterocycles. The molecular formula is C13H14N2O6S2. The molecule has 124 valence electrons. The Bertz CT molecular complexity index is 927. The lowest BCUT2D eigenvalue weighted by Gasteiger charge is -2.04. The molecule has 0 unspecified atom stereocenters. The average molecular weight is 358 g/mol. The van der Waals surface area contributed by atoms with Gasteiger partial charge in [0.2, 0.25) is 5.09 Å². The summed E-state index contributed by atoms with van der Waals surface area (Å²) in [7, 11) is -7.28. The minimum Gasteiger partial charge on any atom is -0.438 e. The second-order valence-electron chi connectivity index (χ2n) is 4.76. The van der Waals surface area contributed by atoms with Crippen molar-refractivity contribution in [3.63, 3.8) is 0 Å². The van der Waals surface area contributed by atoms with Gasteiger partial charge in [0.25, 0.3) is 15.9 Å². The van der Waals surface area contributed by atoms with Gasteiger partial charge in [0.15, 0.2) is 15.6 Å². The van der Waals surface area contributed by atoms with E-state index >= 15 is 0 Å². The van der Waals surface area contributed by atoms with Gasteiger partial charge < -0.3 is 9.73 Å². The number of rotatable bonds is 5. The normalized spacial score (nSPS) is 12.1. The van der Waals surface area contributed by atoms with Crippen molar-refractivity contribution in [1.29, 1.82) is 0 Å². The number of amides is 1. The van der Waals surface area contributed by atoms with Gasteiger partial charge in [-0.15, -0.1) is 0 Å². The number of nitrogens with one attached hydrogen (secondary N) is 1. The quantitative estimate of drug-likeness (QED) is 0.786. The third-order valence-corrected chi connectivity index (χ3v) is 4.80. The van der Waals surface area contributed by atoms with E-state index in [0.29, 0.717) is 5.56 Å². The molecule has 0 fully saturated rings. The molecule has 0 atom stereocenters. The van der Waals surface area contributed by atoms with E-state index in [-0.39, 0.29) is 17.2 Å². The molecule has 10 heteroatoms. The predicted octanol–water partition coefficient (Wildman–Crippen LogP) is 0.261. The molecule has 8 nitrogen and oxygen atoms in total. The van der Waals surface area contributed by atoms with E-state index in [4.69, 9.17) is 9.56 Å². The number of benzene rings is 1. The van der Waals surface area contributed by atoms with Gasteiger partial charge in [0.05, 0.1) is 4.90 Å². The lowest BCUT2D eigenvalue weighted by Crippen LogP contribution is -2.22. The number of hydrogen-bond donors (Lipinski definition) is 2. The highest BCUT2D eigenvalue weighted by Gasteiger charge is 2.17. The Balaban J connectivity index is 2.03. The summed E-state index contributed by atoms with van der Waals surface area (Å²) < 4.78 is 49.7. The molecule has 1 aromatic carbocycles. The molecule has 0 aliphatic heterocycles. The first-order chi connectivity index (χ1) is 10.6. The fraction of sp³-hybridized carbons (Fsp3) is 0.154. The average Bonchev–Trinajstić information content (AvgIpc) is 2.94. The fourth-order valence-corrected chi connectivity index (χ4v) is 2.81. The smallest absolute Gasteiger partial charge is 0.287 e. The first-order valence-electron chi connectivity index (χ1n) is 6.27. The molecular weight excluding hydrogens is 344 g/mol. The van der Waals surface area contributed by atoms with Crippen molar-refractivity contribution in [2.45, 2.75) is 16.5 Å². The van der Waals surface area contributed by atoms with Crippen LogP contribution in [0.1, 0.15) is 16.1 Å². The Morgan fingerprint density at radius 2 is 1.70 bits per heavy atom. The first kappa shape index (κ1) is 17.2. The lowest BCUT2D eigenvalue weighted by atomic mass is 10.2. The number of furan rings is 1. The van der Waals surface area contributed by atoms with Crippen LogP contribution in [0.25, 0.3) is 0 Å². The van der Waals surface area contributed by atoms with Crippen LogP contribution < -0.4 is 10.5 Å². The Morgan fingerprint density at radius 3 is 2.17 bits per heavy atom.